The van der Waals surface area contributed by atoms with Crippen LogP contribution in [-0.2, 0) is 44.7 Å². The van der Waals surface area contributed by atoms with Gasteiger partial charge >= 0.3 is 5.97 Å². The van der Waals surface area contributed by atoms with Gasteiger partial charge in [0.15, 0.2) is 0 Å². The molecule has 1 aromatic carbocycles. The Bertz CT molecular complexity index is 1620. The first-order chi connectivity index (χ1) is 25.9. The van der Waals surface area contributed by atoms with Crippen LogP contribution in [0.1, 0.15) is 90.5 Å². The number of allylic oxidation sites excluding steroid dienone is 1. The van der Waals surface area contributed by atoms with E-state index in [-0.39, 0.29) is 25.4 Å². The quantitative estimate of drug-likeness (QED) is 0.125. The smallest absolute Gasteiger partial charge is 0.329 e. The van der Waals surface area contributed by atoms with Crippen molar-refractivity contribution in [3.63, 3.8) is 0 Å². The van der Waals surface area contributed by atoms with Crippen LogP contribution in [0, 0.1) is 0 Å². The number of esters is 1. The maximum absolute atomic E-state index is 14.6. The summed E-state index contributed by atoms with van der Waals surface area (Å²) in [5, 5.41) is 8.32. The molecule has 4 heterocycles. The highest BCUT2D eigenvalue weighted by atomic mass is 16.5. The number of cyclic esters (lactones) is 1. The van der Waals surface area contributed by atoms with Gasteiger partial charge in [0.05, 0.1) is 0 Å². The lowest BCUT2D eigenvalue weighted by Gasteiger charge is -2.39. The van der Waals surface area contributed by atoms with Crippen molar-refractivity contribution in [2.75, 3.05) is 25.4 Å². The van der Waals surface area contributed by atoms with Gasteiger partial charge in [0.2, 0.25) is 35.4 Å². The van der Waals surface area contributed by atoms with E-state index in [9.17, 15) is 33.6 Å². The molecule has 4 aliphatic heterocycles. The number of amides is 6. The number of unbranched alkanes of at least 4 members (excludes halogenated alkanes) is 2. The zero-order chi connectivity index (χ0) is 38.9. The number of carbonyl (C=O) groups is 7. The van der Waals surface area contributed by atoms with Crippen LogP contribution in [0.4, 0.5) is 5.69 Å². The highest BCUT2D eigenvalue weighted by Gasteiger charge is 2.46. The lowest BCUT2D eigenvalue weighted by atomic mass is 9.99. The molecule has 0 spiro atoms. The summed E-state index contributed by atoms with van der Waals surface area (Å²) in [6.07, 6.45) is 7.96. The molecular weight excluding hydrogens is 694 g/mol. The van der Waals surface area contributed by atoms with Crippen LogP contribution in [0.5, 0.6) is 0 Å². The second-order valence-corrected chi connectivity index (χ2v) is 14.8. The highest BCUT2D eigenvalue weighted by molar-refractivity contribution is 5.98. The minimum atomic E-state index is -1.45. The number of nitrogens with zero attached hydrogens (tertiary/aromatic N) is 3. The molecule has 0 radical (unpaired) electrons. The van der Waals surface area contributed by atoms with Gasteiger partial charge in [-0.3, -0.25) is 28.8 Å². The first-order valence-corrected chi connectivity index (χ1v) is 19.4. The molecule has 0 unspecified atom stereocenters. The Kier molecular flexibility index (Phi) is 13.7. The van der Waals surface area contributed by atoms with Gasteiger partial charge in [-0.1, -0.05) is 38.0 Å². The number of hydrogen-bond acceptors (Lipinski definition) is 9. The first-order valence-electron chi connectivity index (χ1n) is 19.4. The number of rotatable bonds is 9. The summed E-state index contributed by atoms with van der Waals surface area (Å²) in [4.78, 5) is 101. The lowest BCUT2D eigenvalue weighted by Crippen LogP contribution is -2.63. The van der Waals surface area contributed by atoms with Gasteiger partial charge in [-0.05, 0) is 89.0 Å². The third-order valence-corrected chi connectivity index (χ3v) is 10.8. The number of ether oxygens (including phenoxy) is 1. The summed E-state index contributed by atoms with van der Waals surface area (Å²) in [6.45, 7) is 5.89. The summed E-state index contributed by atoms with van der Waals surface area (Å²) in [6, 6.07) is 0.634. The van der Waals surface area contributed by atoms with Gasteiger partial charge < -0.3 is 41.1 Å². The molecule has 1 aromatic rings. The van der Waals surface area contributed by atoms with Crippen molar-refractivity contribution >= 4 is 47.1 Å². The predicted molar refractivity (Wildman–Crippen MR) is 199 cm³/mol. The van der Waals surface area contributed by atoms with Crippen molar-refractivity contribution in [1.29, 1.82) is 0 Å². The summed E-state index contributed by atoms with van der Waals surface area (Å²) >= 11 is 0. The number of nitrogens with one attached hydrogen (secondary N) is 3. The number of nitrogen functional groups attached to an aromatic ring is 1. The number of piperidine rings is 1. The number of hydrogen-bond donors (Lipinski definition) is 4. The first kappa shape index (κ1) is 40.2. The molecule has 5 N–H and O–H groups in total. The van der Waals surface area contributed by atoms with E-state index in [4.69, 9.17) is 10.5 Å². The Labute approximate surface area is 316 Å². The van der Waals surface area contributed by atoms with Gasteiger partial charge in [0, 0.05) is 31.7 Å². The predicted octanol–water partition coefficient (Wildman–Crippen LogP) is 1.34. The fourth-order valence-corrected chi connectivity index (χ4v) is 7.88. The lowest BCUT2D eigenvalue weighted by molar-refractivity contribution is -0.163. The summed E-state index contributed by atoms with van der Waals surface area (Å²) in [7, 11) is 0. The normalized spacial score (nSPS) is 27.5. The van der Waals surface area contributed by atoms with Crippen LogP contribution in [-0.4, -0.2) is 118 Å². The fraction of sp³-hybridized carbons (Fsp3) is 0.615. The van der Waals surface area contributed by atoms with Gasteiger partial charge in [-0.2, -0.15) is 0 Å². The largest absolute Gasteiger partial charge is 0.458 e. The molecule has 5 rings (SSSR count). The molecule has 0 saturated carbocycles. The van der Waals surface area contributed by atoms with Crippen molar-refractivity contribution in [1.82, 2.24) is 30.7 Å². The highest BCUT2D eigenvalue weighted by Crippen LogP contribution is 2.27. The fourth-order valence-electron chi connectivity index (χ4n) is 7.88. The van der Waals surface area contributed by atoms with E-state index in [0.29, 0.717) is 69.2 Å². The number of carbonyl (C=O) groups excluding carboxylic acids is 7. The van der Waals surface area contributed by atoms with Crippen molar-refractivity contribution in [3.8, 4) is 0 Å². The van der Waals surface area contributed by atoms with E-state index < -0.39 is 77.9 Å². The summed E-state index contributed by atoms with van der Waals surface area (Å²) < 4.78 is 5.89. The molecule has 294 valence electrons. The van der Waals surface area contributed by atoms with Gasteiger partial charge in [0.25, 0.3) is 0 Å². The maximum Gasteiger partial charge on any atom is 0.329 e. The minimum Gasteiger partial charge on any atom is -0.458 e. The average Bonchev–Trinajstić information content (AvgIpc) is 3.85. The van der Waals surface area contributed by atoms with E-state index >= 15 is 0 Å². The van der Waals surface area contributed by atoms with E-state index in [1.165, 1.54) is 27.7 Å². The third kappa shape index (κ3) is 9.58. The standard InChI is InChI=1S/C39H55N7O8/c1-4-5-6-7-18-32(47)42-28(23-26-13-10-14-27(40)22-26)34(48)43-33-25(3)54-39(53)31-17-12-21-46(31)36(50)24(2)41-35(49)29-15-8-9-19-44(29)37(51)30-16-11-20-45(30)38(33)52/h7,10,13-14,18,22,24-25,28-31,33H,4-6,8-9,11-12,15-17,19-21,23,40H2,1-3H3,(H,41,49)(H,42,47)(H,43,48)/b18-7+/t24-,25-,28-,29-,30-,31-,33-/m0/s1. The van der Waals surface area contributed by atoms with Crippen LogP contribution < -0.4 is 21.7 Å². The Hall–Kier alpha value is -4.95. The molecule has 15 heteroatoms. The Balaban J connectivity index is 1.48. The van der Waals surface area contributed by atoms with Crippen molar-refractivity contribution in [3.05, 3.63) is 42.0 Å². The third-order valence-electron chi connectivity index (χ3n) is 10.8. The SMILES string of the molecule is CCCC/C=C/C(=O)N[C@@H](Cc1cccc(N)c1)C(=O)N[C@@H]1C(=O)N2CCC[C@H]2C(=O)N2CCCC[C@H]2C(=O)N[C@@H](C)C(=O)N2CCC[C@H]2C(=O)O[C@H]1C. The minimum absolute atomic E-state index is 0.0427. The van der Waals surface area contributed by atoms with Crippen LogP contribution >= 0.6 is 0 Å². The Morgan fingerprint density at radius 3 is 2.30 bits per heavy atom. The van der Waals surface area contributed by atoms with Gasteiger partial charge in [0.1, 0.15) is 42.4 Å². The van der Waals surface area contributed by atoms with E-state index in [0.717, 1.165) is 12.8 Å². The van der Waals surface area contributed by atoms with Crippen LogP contribution in [0.15, 0.2) is 36.4 Å². The molecule has 15 nitrogen and oxygen atoms in total. The second-order valence-electron chi connectivity index (χ2n) is 14.8. The molecule has 54 heavy (non-hydrogen) atoms. The average molecular weight is 750 g/mol. The Morgan fingerprint density at radius 2 is 1.57 bits per heavy atom. The van der Waals surface area contributed by atoms with E-state index in [1.807, 2.05) is 6.92 Å². The molecule has 0 bridgehead atoms. The van der Waals surface area contributed by atoms with Crippen molar-refractivity contribution in [2.45, 2.75) is 134 Å². The summed E-state index contributed by atoms with van der Waals surface area (Å²) in [5.74, 6) is -3.89. The number of anilines is 1. The second kappa shape index (κ2) is 18.4. The molecule has 4 fully saturated rings. The molecule has 7 atom stereocenters. The summed E-state index contributed by atoms with van der Waals surface area (Å²) in [5.41, 5.74) is 7.15. The zero-order valence-corrected chi connectivity index (χ0v) is 31.6. The monoisotopic (exact) mass is 749 g/mol. The van der Waals surface area contributed by atoms with Crippen LogP contribution in [0.2, 0.25) is 0 Å². The topological polar surface area (TPSA) is 201 Å². The van der Waals surface area contributed by atoms with E-state index in [2.05, 4.69) is 16.0 Å². The van der Waals surface area contributed by atoms with Crippen LogP contribution in [0.25, 0.3) is 0 Å². The maximum atomic E-state index is 14.6. The van der Waals surface area contributed by atoms with E-state index in [1.54, 1.807) is 37.3 Å². The molecule has 4 saturated heterocycles. The number of nitrogens with two attached hydrogens (primary N) is 1. The molecule has 6 amide bonds. The number of benzene rings is 1. The zero-order valence-electron chi connectivity index (χ0n) is 31.6. The molecular formula is C39H55N7O8. The Morgan fingerprint density at radius 1 is 0.907 bits per heavy atom. The number of fused-ring (bicyclic) bond motifs is 3. The molecule has 4 aliphatic rings. The van der Waals surface area contributed by atoms with Crippen molar-refractivity contribution < 1.29 is 38.3 Å². The van der Waals surface area contributed by atoms with Gasteiger partial charge in [-0.15, -0.1) is 0 Å². The van der Waals surface area contributed by atoms with Crippen LogP contribution in [0.3, 0.4) is 0 Å². The van der Waals surface area contributed by atoms with Crippen molar-refractivity contribution in [2.24, 2.45) is 0 Å². The van der Waals surface area contributed by atoms with Gasteiger partial charge in [-0.25, -0.2) is 4.79 Å². The molecule has 0 aliphatic carbocycles. The molecule has 0 aromatic heterocycles.